The molecule has 1 saturated heterocycles. The van der Waals surface area contributed by atoms with Gasteiger partial charge in [-0.25, -0.2) is 12.7 Å². The minimum Gasteiger partial charge on any atom is -0.274 e. The van der Waals surface area contributed by atoms with Crippen molar-refractivity contribution in [1.29, 1.82) is 0 Å². The molecule has 4 nitrogen and oxygen atoms in total. The van der Waals surface area contributed by atoms with Crippen molar-refractivity contribution in [2.45, 2.75) is 32.1 Å². The van der Waals surface area contributed by atoms with Gasteiger partial charge in [-0.2, -0.15) is 0 Å². The normalized spacial score (nSPS) is 20.6. The van der Waals surface area contributed by atoms with Gasteiger partial charge in [0.2, 0.25) is 5.91 Å². The number of sulfonamides is 1. The Bertz CT molecular complexity index is 606. The second-order valence-corrected chi connectivity index (χ2v) is 9.58. The summed E-state index contributed by atoms with van der Waals surface area (Å²) in [5.41, 5.74) is 0. The van der Waals surface area contributed by atoms with Gasteiger partial charge in [-0.05, 0) is 40.8 Å². The highest BCUT2D eigenvalue weighted by Gasteiger charge is 2.40. The van der Waals surface area contributed by atoms with Gasteiger partial charge < -0.3 is 0 Å². The van der Waals surface area contributed by atoms with Gasteiger partial charge in [-0.15, -0.1) is 11.3 Å². The first-order valence-corrected chi connectivity index (χ1v) is 9.10. The van der Waals surface area contributed by atoms with E-state index in [0.29, 0.717) is 23.8 Å². The highest BCUT2D eigenvalue weighted by molar-refractivity contribution is 9.11. The Balaban J connectivity index is 2.36. The van der Waals surface area contributed by atoms with Gasteiger partial charge in [0.1, 0.15) is 4.90 Å². The van der Waals surface area contributed by atoms with Crippen molar-refractivity contribution < 1.29 is 13.2 Å². The van der Waals surface area contributed by atoms with Crippen LogP contribution in [0.25, 0.3) is 0 Å². The van der Waals surface area contributed by atoms with Crippen LogP contribution in [0.3, 0.4) is 0 Å². The number of aryl methyl sites for hydroxylation is 1. The second-order valence-electron chi connectivity index (χ2n) is 5.11. The van der Waals surface area contributed by atoms with Crippen LogP contribution >= 0.6 is 27.3 Å². The van der Waals surface area contributed by atoms with Crippen LogP contribution in [0.15, 0.2) is 14.7 Å². The SMILES string of the molecule is Cc1sc(Br)cc1S(=O)(=O)N1CC(C(C)C)CC1=O. The van der Waals surface area contributed by atoms with Crippen LogP contribution in [-0.4, -0.2) is 25.2 Å². The fraction of sp³-hybridized carbons (Fsp3) is 0.583. The molecule has 0 bridgehead atoms. The van der Waals surface area contributed by atoms with Crippen LogP contribution < -0.4 is 0 Å². The topological polar surface area (TPSA) is 54.5 Å². The third-order valence-electron chi connectivity index (χ3n) is 3.47. The van der Waals surface area contributed by atoms with Crippen molar-refractivity contribution in [3.05, 3.63) is 14.7 Å². The standard InChI is InChI=1S/C12H16BrNO3S2/c1-7(2)9-4-12(15)14(6-9)19(16,17)10-5-11(13)18-8(10)3/h5,7,9H,4,6H2,1-3H3. The highest BCUT2D eigenvalue weighted by Crippen LogP contribution is 2.35. The molecule has 0 aliphatic carbocycles. The van der Waals surface area contributed by atoms with Gasteiger partial charge in [0.05, 0.1) is 3.79 Å². The zero-order valence-corrected chi connectivity index (χ0v) is 14.2. The van der Waals surface area contributed by atoms with E-state index in [9.17, 15) is 13.2 Å². The molecule has 2 heterocycles. The van der Waals surface area contributed by atoms with Crippen molar-refractivity contribution in [1.82, 2.24) is 4.31 Å². The molecule has 1 fully saturated rings. The van der Waals surface area contributed by atoms with E-state index in [1.54, 1.807) is 13.0 Å². The lowest BCUT2D eigenvalue weighted by Crippen LogP contribution is -2.32. The Hall–Kier alpha value is -0.400. The van der Waals surface area contributed by atoms with Crippen molar-refractivity contribution in [3.63, 3.8) is 0 Å². The molecular formula is C12H16BrNO3S2. The number of amides is 1. The van der Waals surface area contributed by atoms with E-state index in [1.807, 2.05) is 13.8 Å². The number of carbonyl (C=O) groups excluding carboxylic acids is 1. The zero-order valence-electron chi connectivity index (χ0n) is 11.0. The number of halogens is 1. The minimum absolute atomic E-state index is 0.115. The molecule has 1 aromatic rings. The lowest BCUT2D eigenvalue weighted by molar-refractivity contribution is -0.123. The van der Waals surface area contributed by atoms with Gasteiger partial charge in [0.25, 0.3) is 10.0 Å². The van der Waals surface area contributed by atoms with E-state index in [-0.39, 0.29) is 16.7 Å². The monoisotopic (exact) mass is 365 g/mol. The third kappa shape index (κ3) is 2.73. The number of thiophene rings is 1. The first-order valence-electron chi connectivity index (χ1n) is 6.05. The fourth-order valence-electron chi connectivity index (χ4n) is 2.19. The Morgan fingerprint density at radius 2 is 2.11 bits per heavy atom. The van der Waals surface area contributed by atoms with Crippen LogP contribution in [0.1, 0.15) is 25.1 Å². The average molecular weight is 366 g/mol. The number of hydrogen-bond donors (Lipinski definition) is 0. The van der Waals surface area contributed by atoms with Crippen LogP contribution in [0.4, 0.5) is 0 Å². The maximum atomic E-state index is 12.5. The number of rotatable bonds is 3. The van der Waals surface area contributed by atoms with Crippen LogP contribution in [0.5, 0.6) is 0 Å². The molecular weight excluding hydrogens is 350 g/mol. The van der Waals surface area contributed by atoms with E-state index >= 15 is 0 Å². The van der Waals surface area contributed by atoms with E-state index < -0.39 is 10.0 Å². The van der Waals surface area contributed by atoms with Crippen molar-refractivity contribution >= 4 is 43.2 Å². The lowest BCUT2D eigenvalue weighted by Gasteiger charge is -2.18. The van der Waals surface area contributed by atoms with Crippen molar-refractivity contribution in [2.24, 2.45) is 11.8 Å². The smallest absolute Gasteiger partial charge is 0.267 e. The van der Waals surface area contributed by atoms with Gasteiger partial charge in [-0.1, -0.05) is 13.8 Å². The summed E-state index contributed by atoms with van der Waals surface area (Å²) in [7, 11) is -3.70. The van der Waals surface area contributed by atoms with Crippen LogP contribution in [-0.2, 0) is 14.8 Å². The summed E-state index contributed by atoms with van der Waals surface area (Å²) in [6, 6.07) is 1.57. The first-order chi connectivity index (χ1) is 8.73. The Morgan fingerprint density at radius 1 is 1.47 bits per heavy atom. The van der Waals surface area contributed by atoms with Gasteiger partial charge in [0, 0.05) is 17.8 Å². The molecule has 0 N–H and O–H groups in total. The summed E-state index contributed by atoms with van der Waals surface area (Å²) >= 11 is 4.65. The molecule has 0 spiro atoms. The summed E-state index contributed by atoms with van der Waals surface area (Å²) in [6.07, 6.45) is 0.321. The number of carbonyl (C=O) groups is 1. The molecule has 0 saturated carbocycles. The van der Waals surface area contributed by atoms with Gasteiger partial charge in [0.15, 0.2) is 0 Å². The minimum atomic E-state index is -3.70. The first kappa shape index (κ1) is 15.0. The van der Waals surface area contributed by atoms with Crippen LogP contribution in [0.2, 0.25) is 0 Å². The molecule has 106 valence electrons. The van der Waals surface area contributed by atoms with Gasteiger partial charge in [-0.3, -0.25) is 4.79 Å². The van der Waals surface area contributed by atoms with Crippen molar-refractivity contribution in [3.8, 4) is 0 Å². The van der Waals surface area contributed by atoms with Crippen LogP contribution in [0, 0.1) is 18.8 Å². The lowest BCUT2D eigenvalue weighted by atomic mass is 9.95. The molecule has 19 heavy (non-hydrogen) atoms. The predicted octanol–water partition coefficient (Wildman–Crippen LogP) is 3.01. The second kappa shape index (κ2) is 5.18. The maximum absolute atomic E-state index is 12.5. The summed E-state index contributed by atoms with van der Waals surface area (Å²) in [4.78, 5) is 12.9. The predicted molar refractivity (Wildman–Crippen MR) is 78.6 cm³/mol. The Kier molecular flexibility index (Phi) is 4.09. The molecule has 1 aliphatic rings. The fourth-order valence-corrected chi connectivity index (χ4v) is 6.04. The third-order valence-corrected chi connectivity index (χ3v) is 7.06. The quantitative estimate of drug-likeness (QED) is 0.826. The zero-order chi connectivity index (χ0) is 14.4. The summed E-state index contributed by atoms with van der Waals surface area (Å²) in [5, 5.41) is 0. The van der Waals surface area contributed by atoms with E-state index in [4.69, 9.17) is 0 Å². The molecule has 7 heteroatoms. The van der Waals surface area contributed by atoms with Crippen molar-refractivity contribution in [2.75, 3.05) is 6.54 Å². The molecule has 1 aliphatic heterocycles. The Labute approximate surface area is 126 Å². The summed E-state index contributed by atoms with van der Waals surface area (Å²) in [5.74, 6) is 0.129. The molecule has 2 rings (SSSR count). The largest absolute Gasteiger partial charge is 0.274 e. The molecule has 1 aromatic heterocycles. The summed E-state index contributed by atoms with van der Waals surface area (Å²) in [6.45, 7) is 6.08. The molecule has 1 unspecified atom stereocenters. The van der Waals surface area contributed by atoms with Gasteiger partial charge >= 0.3 is 0 Å². The highest BCUT2D eigenvalue weighted by atomic mass is 79.9. The molecule has 1 amide bonds. The Morgan fingerprint density at radius 3 is 2.53 bits per heavy atom. The van der Waals surface area contributed by atoms with E-state index in [1.165, 1.54) is 11.3 Å². The molecule has 0 aromatic carbocycles. The summed E-state index contributed by atoms with van der Waals surface area (Å²) < 4.78 is 26.9. The maximum Gasteiger partial charge on any atom is 0.267 e. The van der Waals surface area contributed by atoms with E-state index in [0.717, 1.165) is 8.09 Å². The molecule has 0 radical (unpaired) electrons. The van der Waals surface area contributed by atoms with E-state index in [2.05, 4.69) is 15.9 Å². The average Bonchev–Trinajstić information content (AvgIpc) is 2.82. The number of hydrogen-bond acceptors (Lipinski definition) is 4. The number of nitrogens with zero attached hydrogens (tertiary/aromatic N) is 1. The molecule has 1 atom stereocenters.